The maximum absolute atomic E-state index is 9.23. The van der Waals surface area contributed by atoms with E-state index in [-0.39, 0.29) is 0 Å². The predicted octanol–water partition coefficient (Wildman–Crippen LogP) is 2.82. The minimum absolute atomic E-state index is 0.292. The van der Waals surface area contributed by atoms with Gasteiger partial charge in [-0.25, -0.2) is 0 Å². The van der Waals surface area contributed by atoms with Gasteiger partial charge in [0.05, 0.1) is 0 Å². The van der Waals surface area contributed by atoms with E-state index in [1.54, 1.807) is 24.3 Å². The first kappa shape index (κ1) is 13.4. The van der Waals surface area contributed by atoms with Gasteiger partial charge in [-0.3, -0.25) is 0 Å². The van der Waals surface area contributed by atoms with E-state index < -0.39 is 0 Å². The van der Waals surface area contributed by atoms with Crippen molar-refractivity contribution in [2.75, 3.05) is 0 Å². The molecule has 0 spiro atoms. The first-order valence-corrected chi connectivity index (χ1v) is 6.42. The van der Waals surface area contributed by atoms with Crippen molar-refractivity contribution in [3.63, 3.8) is 0 Å². The zero-order valence-corrected chi connectivity index (χ0v) is 11.0. The van der Waals surface area contributed by atoms with Crippen LogP contribution in [-0.4, -0.2) is 16.3 Å². The van der Waals surface area contributed by atoms with E-state index in [0.29, 0.717) is 17.5 Å². The van der Waals surface area contributed by atoms with Crippen molar-refractivity contribution < 1.29 is 10.2 Å². The number of benzene rings is 2. The van der Waals surface area contributed by atoms with E-state index in [9.17, 15) is 10.2 Å². The van der Waals surface area contributed by atoms with E-state index in [4.69, 9.17) is 0 Å². The van der Waals surface area contributed by atoms with Crippen molar-refractivity contribution in [1.29, 1.82) is 0 Å². The van der Waals surface area contributed by atoms with Gasteiger partial charge in [0, 0.05) is 12.6 Å². The van der Waals surface area contributed by atoms with E-state index in [2.05, 4.69) is 12.2 Å². The Bertz CT molecular complexity index is 505. The van der Waals surface area contributed by atoms with Crippen molar-refractivity contribution in [3.05, 3.63) is 59.7 Å². The highest BCUT2D eigenvalue weighted by Crippen LogP contribution is 2.12. The molecule has 0 saturated carbocycles. The van der Waals surface area contributed by atoms with Crippen molar-refractivity contribution in [1.82, 2.24) is 5.32 Å². The summed E-state index contributed by atoms with van der Waals surface area (Å²) in [4.78, 5) is 0. The normalized spacial score (nSPS) is 12.3. The molecule has 2 aromatic rings. The largest absolute Gasteiger partial charge is 0.508 e. The molecular formula is C16H19NO2. The Balaban J connectivity index is 1.82. The topological polar surface area (TPSA) is 52.5 Å². The fourth-order valence-electron chi connectivity index (χ4n) is 1.96. The van der Waals surface area contributed by atoms with Gasteiger partial charge in [0.2, 0.25) is 0 Å². The van der Waals surface area contributed by atoms with E-state index in [0.717, 1.165) is 18.5 Å². The summed E-state index contributed by atoms with van der Waals surface area (Å²) in [7, 11) is 0. The van der Waals surface area contributed by atoms with Crippen molar-refractivity contribution in [2.45, 2.75) is 25.9 Å². The van der Waals surface area contributed by atoms with E-state index in [1.165, 1.54) is 5.56 Å². The number of aromatic hydroxyl groups is 2. The predicted molar refractivity (Wildman–Crippen MR) is 76.2 cm³/mol. The molecule has 0 aliphatic heterocycles. The fourth-order valence-corrected chi connectivity index (χ4v) is 1.96. The van der Waals surface area contributed by atoms with Crippen LogP contribution in [0.2, 0.25) is 0 Å². The van der Waals surface area contributed by atoms with Crippen LogP contribution in [0.5, 0.6) is 11.5 Å². The lowest BCUT2D eigenvalue weighted by Crippen LogP contribution is -2.27. The maximum Gasteiger partial charge on any atom is 0.115 e. The van der Waals surface area contributed by atoms with Gasteiger partial charge in [0.25, 0.3) is 0 Å². The van der Waals surface area contributed by atoms with Gasteiger partial charge < -0.3 is 15.5 Å². The van der Waals surface area contributed by atoms with Crippen LogP contribution < -0.4 is 5.32 Å². The summed E-state index contributed by atoms with van der Waals surface area (Å²) in [5, 5.41) is 21.9. The molecule has 1 unspecified atom stereocenters. The minimum atomic E-state index is 0.292. The number of hydrogen-bond donors (Lipinski definition) is 3. The molecule has 0 saturated heterocycles. The number of nitrogens with one attached hydrogen (secondary N) is 1. The number of phenolic OH excluding ortho intramolecular Hbond substituents is 2. The van der Waals surface area contributed by atoms with Crippen LogP contribution >= 0.6 is 0 Å². The number of rotatable bonds is 5. The molecule has 0 fully saturated rings. The molecule has 0 aliphatic rings. The second kappa shape index (κ2) is 6.25. The summed E-state index contributed by atoms with van der Waals surface area (Å²) in [6, 6.07) is 14.9. The lowest BCUT2D eigenvalue weighted by Gasteiger charge is -2.14. The summed E-state index contributed by atoms with van der Waals surface area (Å²) >= 11 is 0. The third-order valence-corrected chi connectivity index (χ3v) is 3.07. The Labute approximate surface area is 113 Å². The first-order valence-electron chi connectivity index (χ1n) is 6.42. The number of hydrogen-bond acceptors (Lipinski definition) is 3. The molecule has 1 atom stereocenters. The molecule has 2 rings (SSSR count). The van der Waals surface area contributed by atoms with Gasteiger partial charge in [0.1, 0.15) is 11.5 Å². The summed E-state index contributed by atoms with van der Waals surface area (Å²) in [6.07, 6.45) is 0.915. The van der Waals surface area contributed by atoms with Gasteiger partial charge in [-0.2, -0.15) is 0 Å². The molecule has 0 heterocycles. The Morgan fingerprint density at radius 3 is 1.84 bits per heavy atom. The van der Waals surface area contributed by atoms with Crippen LogP contribution in [0.3, 0.4) is 0 Å². The van der Waals surface area contributed by atoms with Gasteiger partial charge >= 0.3 is 0 Å². The molecule has 3 heteroatoms. The first-order chi connectivity index (χ1) is 9.13. The van der Waals surface area contributed by atoms with Crippen LogP contribution in [-0.2, 0) is 13.0 Å². The van der Waals surface area contributed by atoms with Crippen molar-refractivity contribution in [2.24, 2.45) is 0 Å². The molecule has 100 valence electrons. The summed E-state index contributed by atoms with van der Waals surface area (Å²) in [5.41, 5.74) is 2.35. The molecule has 0 aromatic heterocycles. The summed E-state index contributed by atoms with van der Waals surface area (Å²) in [6.45, 7) is 2.91. The zero-order valence-electron chi connectivity index (χ0n) is 11.0. The fraction of sp³-hybridized carbons (Fsp3) is 0.250. The summed E-state index contributed by atoms with van der Waals surface area (Å²) in [5.74, 6) is 0.592. The van der Waals surface area contributed by atoms with Crippen LogP contribution in [0.1, 0.15) is 18.1 Å². The van der Waals surface area contributed by atoms with Gasteiger partial charge in [0.15, 0.2) is 0 Å². The lowest BCUT2D eigenvalue weighted by atomic mass is 10.1. The average Bonchev–Trinajstić information content (AvgIpc) is 2.41. The van der Waals surface area contributed by atoms with Gasteiger partial charge in [-0.1, -0.05) is 24.3 Å². The molecule has 3 nitrogen and oxygen atoms in total. The van der Waals surface area contributed by atoms with Gasteiger partial charge in [-0.05, 0) is 48.7 Å². The molecule has 0 aliphatic carbocycles. The zero-order chi connectivity index (χ0) is 13.7. The van der Waals surface area contributed by atoms with Crippen molar-refractivity contribution >= 4 is 0 Å². The standard InChI is InChI=1S/C16H19NO2/c1-12(10-13-2-6-15(18)7-3-13)17-11-14-4-8-16(19)9-5-14/h2-9,12,17-19H,10-11H2,1H3. The lowest BCUT2D eigenvalue weighted by molar-refractivity contribution is 0.473. The SMILES string of the molecule is CC(Cc1ccc(O)cc1)NCc1ccc(O)cc1. The Kier molecular flexibility index (Phi) is 4.42. The molecule has 3 N–H and O–H groups in total. The van der Waals surface area contributed by atoms with Crippen LogP contribution in [0, 0.1) is 0 Å². The number of phenols is 2. The van der Waals surface area contributed by atoms with E-state index >= 15 is 0 Å². The van der Waals surface area contributed by atoms with Crippen LogP contribution in [0.15, 0.2) is 48.5 Å². The van der Waals surface area contributed by atoms with Crippen molar-refractivity contribution in [3.8, 4) is 11.5 Å². The summed E-state index contributed by atoms with van der Waals surface area (Å²) < 4.78 is 0. The second-order valence-corrected chi connectivity index (χ2v) is 4.82. The van der Waals surface area contributed by atoms with Crippen LogP contribution in [0.4, 0.5) is 0 Å². The minimum Gasteiger partial charge on any atom is -0.508 e. The molecule has 0 amide bonds. The highest BCUT2D eigenvalue weighted by atomic mass is 16.3. The highest BCUT2D eigenvalue weighted by Gasteiger charge is 2.03. The third kappa shape index (κ3) is 4.30. The Hall–Kier alpha value is -2.00. The molecule has 19 heavy (non-hydrogen) atoms. The Morgan fingerprint density at radius 2 is 1.32 bits per heavy atom. The monoisotopic (exact) mass is 257 g/mol. The third-order valence-electron chi connectivity index (χ3n) is 3.07. The quantitative estimate of drug-likeness (QED) is 0.772. The van der Waals surface area contributed by atoms with Crippen LogP contribution in [0.25, 0.3) is 0 Å². The maximum atomic E-state index is 9.23. The molecular weight excluding hydrogens is 238 g/mol. The van der Waals surface area contributed by atoms with E-state index in [1.807, 2.05) is 24.3 Å². The second-order valence-electron chi connectivity index (χ2n) is 4.82. The average molecular weight is 257 g/mol. The highest BCUT2D eigenvalue weighted by molar-refractivity contribution is 5.27. The molecule has 2 aromatic carbocycles. The molecule has 0 bridgehead atoms. The molecule has 0 radical (unpaired) electrons. The smallest absolute Gasteiger partial charge is 0.115 e. The van der Waals surface area contributed by atoms with Gasteiger partial charge in [-0.15, -0.1) is 0 Å². The Morgan fingerprint density at radius 1 is 0.842 bits per heavy atom.